The van der Waals surface area contributed by atoms with Gasteiger partial charge >= 0.3 is 0 Å². The van der Waals surface area contributed by atoms with Gasteiger partial charge in [0.15, 0.2) is 0 Å². The number of hydrogen-bond donors (Lipinski definition) is 2. The highest BCUT2D eigenvalue weighted by molar-refractivity contribution is 5.83. The molecule has 3 unspecified atom stereocenters. The number of carbonyl (C=O) groups excluding carboxylic acids is 1. The quantitative estimate of drug-likeness (QED) is 0.678. The summed E-state index contributed by atoms with van der Waals surface area (Å²) in [6, 6.07) is 0.632. The molecular formula is C11H18N2O. The molecule has 0 radical (unpaired) electrons. The van der Waals surface area contributed by atoms with Gasteiger partial charge in [-0.15, -0.1) is 0 Å². The van der Waals surface area contributed by atoms with Crippen molar-refractivity contribution in [2.75, 3.05) is 6.54 Å². The Morgan fingerprint density at radius 1 is 1.21 bits per heavy atom. The smallest absolute Gasteiger partial charge is 0.237 e. The molecule has 78 valence electrons. The van der Waals surface area contributed by atoms with Crippen molar-refractivity contribution in [2.24, 2.45) is 11.8 Å². The molecular weight excluding hydrogens is 176 g/mol. The van der Waals surface area contributed by atoms with Crippen molar-refractivity contribution in [2.45, 2.75) is 44.2 Å². The third kappa shape index (κ3) is 1.44. The van der Waals surface area contributed by atoms with Gasteiger partial charge in [0.25, 0.3) is 0 Å². The van der Waals surface area contributed by atoms with E-state index in [0.717, 1.165) is 12.5 Å². The fourth-order valence-electron chi connectivity index (χ4n) is 2.99. The molecule has 0 aromatic rings. The Morgan fingerprint density at radius 3 is 2.86 bits per heavy atom. The summed E-state index contributed by atoms with van der Waals surface area (Å²) >= 11 is 0. The number of amides is 1. The standard InChI is InChI=1S/C11H18N2O/c14-11(13-8-4-5-8)10-9-3-1-2-7(9)6-12-10/h7-10,12H,1-6H2,(H,13,14). The lowest BCUT2D eigenvalue weighted by Crippen LogP contribution is -2.44. The number of fused-ring (bicyclic) bond motifs is 1. The topological polar surface area (TPSA) is 41.1 Å². The summed E-state index contributed by atoms with van der Waals surface area (Å²) in [6.07, 6.45) is 6.27. The minimum atomic E-state index is 0.128. The van der Waals surface area contributed by atoms with Crippen LogP contribution in [0.1, 0.15) is 32.1 Å². The van der Waals surface area contributed by atoms with Crippen LogP contribution in [0.4, 0.5) is 0 Å². The van der Waals surface area contributed by atoms with Gasteiger partial charge in [0.05, 0.1) is 6.04 Å². The number of carbonyl (C=O) groups is 1. The molecule has 1 saturated heterocycles. The van der Waals surface area contributed by atoms with Gasteiger partial charge in [0.2, 0.25) is 5.91 Å². The van der Waals surface area contributed by atoms with Gasteiger partial charge in [-0.1, -0.05) is 6.42 Å². The maximum Gasteiger partial charge on any atom is 0.237 e. The van der Waals surface area contributed by atoms with Gasteiger partial charge in [0, 0.05) is 6.04 Å². The van der Waals surface area contributed by atoms with E-state index in [2.05, 4.69) is 10.6 Å². The zero-order chi connectivity index (χ0) is 9.54. The molecule has 3 fully saturated rings. The maximum atomic E-state index is 11.9. The molecule has 3 heteroatoms. The molecule has 0 aromatic carbocycles. The Balaban J connectivity index is 1.63. The predicted octanol–water partition coefficient (Wildman–Crippen LogP) is 0.653. The molecule has 2 saturated carbocycles. The zero-order valence-electron chi connectivity index (χ0n) is 8.46. The number of hydrogen-bond acceptors (Lipinski definition) is 2. The average molecular weight is 194 g/mol. The Bertz CT molecular complexity index is 250. The first-order valence-corrected chi connectivity index (χ1v) is 5.88. The van der Waals surface area contributed by atoms with E-state index in [4.69, 9.17) is 0 Å². The second-order valence-electron chi connectivity index (χ2n) is 5.02. The molecule has 1 amide bonds. The molecule has 3 aliphatic rings. The van der Waals surface area contributed by atoms with Crippen LogP contribution in [0.2, 0.25) is 0 Å². The highest BCUT2D eigenvalue weighted by Gasteiger charge is 2.43. The predicted molar refractivity (Wildman–Crippen MR) is 53.8 cm³/mol. The van der Waals surface area contributed by atoms with Crippen LogP contribution in [0.3, 0.4) is 0 Å². The third-order valence-electron chi connectivity index (χ3n) is 3.95. The minimum absolute atomic E-state index is 0.128. The molecule has 3 nitrogen and oxygen atoms in total. The molecule has 2 aliphatic carbocycles. The first-order valence-electron chi connectivity index (χ1n) is 5.88. The van der Waals surface area contributed by atoms with Crippen LogP contribution in [-0.4, -0.2) is 24.5 Å². The highest BCUT2D eigenvalue weighted by Crippen LogP contribution is 2.37. The van der Waals surface area contributed by atoms with E-state index in [0.29, 0.717) is 12.0 Å². The Morgan fingerprint density at radius 2 is 2.07 bits per heavy atom. The van der Waals surface area contributed by atoms with Crippen LogP contribution in [-0.2, 0) is 4.79 Å². The Hall–Kier alpha value is -0.570. The van der Waals surface area contributed by atoms with Crippen molar-refractivity contribution in [1.82, 2.24) is 10.6 Å². The molecule has 0 bridgehead atoms. The first kappa shape index (κ1) is 8.72. The fraction of sp³-hybridized carbons (Fsp3) is 0.909. The SMILES string of the molecule is O=C(NC1CC1)C1NCC2CCCC21. The summed E-state index contributed by atoms with van der Waals surface area (Å²) in [7, 11) is 0. The highest BCUT2D eigenvalue weighted by atomic mass is 16.2. The summed E-state index contributed by atoms with van der Waals surface area (Å²) in [5.74, 6) is 1.68. The first-order chi connectivity index (χ1) is 6.84. The summed E-state index contributed by atoms with van der Waals surface area (Å²) < 4.78 is 0. The molecule has 3 rings (SSSR count). The molecule has 2 N–H and O–H groups in total. The number of rotatable bonds is 2. The van der Waals surface area contributed by atoms with Crippen LogP contribution >= 0.6 is 0 Å². The van der Waals surface area contributed by atoms with Crippen LogP contribution in [0.5, 0.6) is 0 Å². The minimum Gasteiger partial charge on any atom is -0.352 e. The monoisotopic (exact) mass is 194 g/mol. The van der Waals surface area contributed by atoms with Gasteiger partial charge in [-0.3, -0.25) is 4.79 Å². The lowest BCUT2D eigenvalue weighted by Gasteiger charge is -2.17. The van der Waals surface area contributed by atoms with E-state index in [1.54, 1.807) is 0 Å². The van der Waals surface area contributed by atoms with Gasteiger partial charge < -0.3 is 10.6 Å². The Labute approximate surface area is 84.6 Å². The van der Waals surface area contributed by atoms with E-state index >= 15 is 0 Å². The summed E-state index contributed by atoms with van der Waals surface area (Å²) in [4.78, 5) is 11.9. The van der Waals surface area contributed by atoms with Gasteiger partial charge in [-0.05, 0) is 44.1 Å². The lowest BCUT2D eigenvalue weighted by atomic mass is 9.93. The average Bonchev–Trinajstić information content (AvgIpc) is 2.72. The number of nitrogens with one attached hydrogen (secondary N) is 2. The fourth-order valence-corrected chi connectivity index (χ4v) is 2.99. The summed E-state index contributed by atoms with van der Waals surface area (Å²) in [5.41, 5.74) is 0. The molecule has 1 aliphatic heterocycles. The van der Waals surface area contributed by atoms with Crippen LogP contribution in [0.25, 0.3) is 0 Å². The zero-order valence-corrected chi connectivity index (χ0v) is 8.46. The summed E-state index contributed by atoms with van der Waals surface area (Å²) in [5, 5.41) is 6.49. The normalized spacial score (nSPS) is 41.0. The van der Waals surface area contributed by atoms with E-state index in [9.17, 15) is 4.79 Å². The Kier molecular flexibility index (Phi) is 2.01. The van der Waals surface area contributed by atoms with Gasteiger partial charge in [0.1, 0.15) is 0 Å². The van der Waals surface area contributed by atoms with Crippen molar-refractivity contribution < 1.29 is 4.79 Å². The van der Waals surface area contributed by atoms with Crippen molar-refractivity contribution in [3.63, 3.8) is 0 Å². The van der Waals surface area contributed by atoms with Crippen molar-refractivity contribution in [3.8, 4) is 0 Å². The third-order valence-corrected chi connectivity index (χ3v) is 3.95. The molecule has 14 heavy (non-hydrogen) atoms. The lowest BCUT2D eigenvalue weighted by molar-refractivity contribution is -0.123. The second-order valence-corrected chi connectivity index (χ2v) is 5.02. The largest absolute Gasteiger partial charge is 0.352 e. The van der Waals surface area contributed by atoms with Crippen LogP contribution in [0, 0.1) is 11.8 Å². The van der Waals surface area contributed by atoms with Gasteiger partial charge in [-0.2, -0.15) is 0 Å². The van der Waals surface area contributed by atoms with E-state index in [-0.39, 0.29) is 11.9 Å². The molecule has 0 aromatic heterocycles. The molecule has 1 heterocycles. The maximum absolute atomic E-state index is 11.9. The van der Waals surface area contributed by atoms with Crippen molar-refractivity contribution in [3.05, 3.63) is 0 Å². The van der Waals surface area contributed by atoms with Gasteiger partial charge in [-0.25, -0.2) is 0 Å². The van der Waals surface area contributed by atoms with E-state index in [1.165, 1.54) is 32.1 Å². The molecule has 0 spiro atoms. The van der Waals surface area contributed by atoms with Crippen LogP contribution in [0.15, 0.2) is 0 Å². The van der Waals surface area contributed by atoms with Crippen molar-refractivity contribution >= 4 is 5.91 Å². The van der Waals surface area contributed by atoms with Crippen LogP contribution < -0.4 is 10.6 Å². The van der Waals surface area contributed by atoms with E-state index in [1.807, 2.05) is 0 Å². The van der Waals surface area contributed by atoms with E-state index < -0.39 is 0 Å². The van der Waals surface area contributed by atoms with Crippen molar-refractivity contribution in [1.29, 1.82) is 0 Å². The second kappa shape index (κ2) is 3.23. The molecule has 3 atom stereocenters. The summed E-state index contributed by atoms with van der Waals surface area (Å²) in [6.45, 7) is 1.06.